The largest absolute Gasteiger partial charge is 0.354 e. The zero-order chi connectivity index (χ0) is 21.1. The highest BCUT2D eigenvalue weighted by molar-refractivity contribution is 5.93. The molecule has 2 aliphatic heterocycles. The van der Waals surface area contributed by atoms with Crippen LogP contribution in [0.1, 0.15) is 48.3 Å². The number of aromatic nitrogens is 4. The van der Waals surface area contributed by atoms with Gasteiger partial charge >= 0.3 is 0 Å². The van der Waals surface area contributed by atoms with Crippen LogP contribution in [0.25, 0.3) is 0 Å². The normalized spacial score (nSPS) is 23.0. The van der Waals surface area contributed by atoms with Crippen molar-refractivity contribution in [2.75, 3.05) is 24.2 Å². The molecule has 0 aliphatic carbocycles. The van der Waals surface area contributed by atoms with Crippen molar-refractivity contribution in [3.8, 4) is 6.07 Å². The van der Waals surface area contributed by atoms with Crippen molar-refractivity contribution < 1.29 is 4.79 Å². The van der Waals surface area contributed by atoms with Crippen molar-refractivity contribution in [1.29, 1.82) is 5.26 Å². The summed E-state index contributed by atoms with van der Waals surface area (Å²) >= 11 is 0. The third kappa shape index (κ3) is 4.36. The average molecular weight is 409 g/mol. The topological polar surface area (TPSA) is 135 Å². The molecule has 0 spiro atoms. The van der Waals surface area contributed by atoms with E-state index >= 15 is 0 Å². The Morgan fingerprint density at radius 1 is 1.27 bits per heavy atom. The monoisotopic (exact) mass is 409 g/mol. The Bertz CT molecular complexity index is 936. The Labute approximate surface area is 175 Å². The van der Waals surface area contributed by atoms with Crippen LogP contribution in [-0.2, 0) is 0 Å². The Kier molecular flexibility index (Phi) is 5.81. The second-order valence-corrected chi connectivity index (χ2v) is 7.95. The first-order valence-electron chi connectivity index (χ1n) is 10.3. The molecule has 2 aromatic rings. The van der Waals surface area contributed by atoms with Crippen molar-refractivity contribution in [3.05, 3.63) is 23.5 Å². The van der Waals surface area contributed by atoms with E-state index in [-0.39, 0.29) is 11.9 Å². The zero-order valence-corrected chi connectivity index (χ0v) is 17.3. The average Bonchev–Trinajstić information content (AvgIpc) is 3.24. The molecular formula is C20H27N9O. The minimum Gasteiger partial charge on any atom is -0.354 e. The van der Waals surface area contributed by atoms with Gasteiger partial charge in [-0.1, -0.05) is 0 Å². The molecule has 158 valence electrons. The quantitative estimate of drug-likeness (QED) is 0.545. The Hall–Kier alpha value is -3.19. The van der Waals surface area contributed by atoms with E-state index in [9.17, 15) is 4.79 Å². The van der Waals surface area contributed by atoms with Crippen LogP contribution in [0.2, 0.25) is 0 Å². The molecule has 4 N–H and O–H groups in total. The minimum absolute atomic E-state index is 0.237. The summed E-state index contributed by atoms with van der Waals surface area (Å²) in [5, 5.41) is 25.1. The van der Waals surface area contributed by atoms with Gasteiger partial charge in [-0.25, -0.2) is 4.98 Å². The summed E-state index contributed by atoms with van der Waals surface area (Å²) in [7, 11) is 1.58. The third-order valence-electron chi connectivity index (χ3n) is 5.85. The molecule has 4 heterocycles. The van der Waals surface area contributed by atoms with Gasteiger partial charge in [-0.2, -0.15) is 15.3 Å². The molecule has 2 unspecified atom stereocenters. The Morgan fingerprint density at radius 3 is 2.67 bits per heavy atom. The number of nitriles is 1. The van der Waals surface area contributed by atoms with Gasteiger partial charge < -0.3 is 16.0 Å². The molecule has 30 heavy (non-hydrogen) atoms. The van der Waals surface area contributed by atoms with E-state index in [4.69, 9.17) is 5.26 Å². The molecule has 1 amide bonds. The first-order valence-corrected chi connectivity index (χ1v) is 10.3. The van der Waals surface area contributed by atoms with Crippen LogP contribution < -0.4 is 16.0 Å². The number of rotatable bonds is 7. The number of fused-ring (bicyclic) bond motifs is 2. The van der Waals surface area contributed by atoms with Gasteiger partial charge in [-0.15, -0.1) is 0 Å². The number of hydrogen-bond acceptors (Lipinski definition) is 8. The maximum atomic E-state index is 12.2. The van der Waals surface area contributed by atoms with Crippen LogP contribution >= 0.6 is 0 Å². The van der Waals surface area contributed by atoms with Gasteiger partial charge in [0.15, 0.2) is 5.82 Å². The van der Waals surface area contributed by atoms with E-state index in [0.717, 1.165) is 25.1 Å². The fourth-order valence-electron chi connectivity index (χ4n) is 4.55. The molecule has 4 rings (SSSR count). The predicted molar refractivity (Wildman–Crippen MR) is 112 cm³/mol. The summed E-state index contributed by atoms with van der Waals surface area (Å²) < 4.78 is 0. The number of nitrogens with one attached hydrogen (secondary N) is 4. The van der Waals surface area contributed by atoms with Crippen molar-refractivity contribution in [2.24, 2.45) is 0 Å². The molecule has 2 fully saturated rings. The van der Waals surface area contributed by atoms with Crippen molar-refractivity contribution in [2.45, 2.75) is 57.2 Å². The maximum Gasteiger partial charge on any atom is 0.269 e. The third-order valence-corrected chi connectivity index (χ3v) is 5.85. The summed E-state index contributed by atoms with van der Waals surface area (Å²) in [6, 6.07) is 6.95. The standard InChI is InChI=1S/C20H27N9O/c1-12-8-18(28-27-12)25-17-11-16(19(30)22-2)24-20(26-17)23-13-9-14-4-5-15(10-13)29(14)7-3-6-21/h8,11,13-15H,3-5,7,9-10H2,1-2H3,(H,22,30)(H3,23,24,25,26,27,28). The number of H-pyrrole nitrogens is 1. The molecule has 2 saturated heterocycles. The first kappa shape index (κ1) is 20.1. The van der Waals surface area contributed by atoms with Gasteiger partial charge in [0.2, 0.25) is 5.95 Å². The first-order chi connectivity index (χ1) is 14.6. The van der Waals surface area contributed by atoms with Gasteiger partial charge in [-0.3, -0.25) is 14.8 Å². The fraction of sp³-hybridized carbons (Fsp3) is 0.550. The lowest BCUT2D eigenvalue weighted by atomic mass is 9.97. The van der Waals surface area contributed by atoms with Crippen LogP contribution in [0.15, 0.2) is 12.1 Å². The van der Waals surface area contributed by atoms with Crippen molar-refractivity contribution >= 4 is 23.5 Å². The number of carbonyl (C=O) groups is 1. The zero-order valence-electron chi connectivity index (χ0n) is 17.3. The van der Waals surface area contributed by atoms with Crippen LogP contribution in [0, 0.1) is 18.3 Å². The molecule has 0 saturated carbocycles. The van der Waals surface area contributed by atoms with Gasteiger partial charge in [0.1, 0.15) is 11.5 Å². The van der Waals surface area contributed by atoms with E-state index in [1.54, 1.807) is 13.1 Å². The second-order valence-electron chi connectivity index (χ2n) is 7.95. The van der Waals surface area contributed by atoms with Gasteiger partial charge in [0, 0.05) is 56.0 Å². The second kappa shape index (κ2) is 8.67. The van der Waals surface area contributed by atoms with Crippen molar-refractivity contribution in [1.82, 2.24) is 30.4 Å². The molecule has 2 aliphatic rings. The fourth-order valence-corrected chi connectivity index (χ4v) is 4.55. The summed E-state index contributed by atoms with van der Waals surface area (Å²) in [5.41, 5.74) is 1.22. The number of piperidine rings is 1. The molecule has 10 nitrogen and oxygen atoms in total. The van der Waals surface area contributed by atoms with Crippen LogP contribution in [0.4, 0.5) is 17.6 Å². The summed E-state index contributed by atoms with van der Waals surface area (Å²) in [5.74, 6) is 1.30. The molecule has 10 heteroatoms. The highest BCUT2D eigenvalue weighted by Gasteiger charge is 2.40. The lowest BCUT2D eigenvalue weighted by Crippen LogP contribution is -2.47. The van der Waals surface area contributed by atoms with Crippen LogP contribution in [-0.4, -0.2) is 62.7 Å². The van der Waals surface area contributed by atoms with E-state index in [0.29, 0.717) is 41.8 Å². The van der Waals surface area contributed by atoms with Crippen LogP contribution in [0.5, 0.6) is 0 Å². The maximum absolute atomic E-state index is 12.2. The summed E-state index contributed by atoms with van der Waals surface area (Å²) in [6.45, 7) is 2.76. The SMILES string of the molecule is CNC(=O)c1cc(Nc2cc(C)[nH]n2)nc(NC2CC3CCC(C2)N3CCC#N)n1. The van der Waals surface area contributed by atoms with Gasteiger partial charge in [0.25, 0.3) is 5.91 Å². The summed E-state index contributed by atoms with van der Waals surface area (Å²) in [4.78, 5) is 23.7. The highest BCUT2D eigenvalue weighted by Crippen LogP contribution is 2.36. The van der Waals surface area contributed by atoms with Crippen molar-refractivity contribution in [3.63, 3.8) is 0 Å². The molecule has 0 aromatic carbocycles. The Balaban J connectivity index is 1.50. The smallest absolute Gasteiger partial charge is 0.269 e. The van der Waals surface area contributed by atoms with E-state index in [1.807, 2.05) is 13.0 Å². The lowest BCUT2D eigenvalue weighted by Gasteiger charge is -2.38. The predicted octanol–water partition coefficient (Wildman–Crippen LogP) is 1.93. The van der Waals surface area contributed by atoms with Gasteiger partial charge in [-0.05, 0) is 32.6 Å². The number of aromatic amines is 1. The lowest BCUT2D eigenvalue weighted by molar-refractivity contribution is 0.0958. The molecule has 2 aromatic heterocycles. The van der Waals surface area contributed by atoms with E-state index < -0.39 is 0 Å². The molecule has 2 bridgehead atoms. The number of nitrogens with zero attached hydrogens (tertiary/aromatic N) is 5. The molecule has 2 atom stereocenters. The van der Waals surface area contributed by atoms with Gasteiger partial charge in [0.05, 0.1) is 6.07 Å². The number of hydrogen-bond donors (Lipinski definition) is 4. The van der Waals surface area contributed by atoms with E-state index in [1.165, 1.54) is 12.8 Å². The number of amides is 1. The van der Waals surface area contributed by atoms with E-state index in [2.05, 4.69) is 47.1 Å². The Morgan fingerprint density at radius 2 is 2.03 bits per heavy atom. The number of aryl methyl sites for hydroxylation is 1. The highest BCUT2D eigenvalue weighted by atomic mass is 16.1. The number of anilines is 3. The summed E-state index contributed by atoms with van der Waals surface area (Å²) in [6.07, 6.45) is 4.87. The number of carbonyl (C=O) groups excluding carboxylic acids is 1. The minimum atomic E-state index is -0.270. The molecule has 0 radical (unpaired) electrons. The van der Waals surface area contributed by atoms with Crippen LogP contribution in [0.3, 0.4) is 0 Å². The molecular weight excluding hydrogens is 382 g/mol.